The van der Waals surface area contributed by atoms with Gasteiger partial charge in [-0.1, -0.05) is 24.3 Å². The highest BCUT2D eigenvalue weighted by Gasteiger charge is 2.18. The summed E-state index contributed by atoms with van der Waals surface area (Å²) >= 11 is 0. The summed E-state index contributed by atoms with van der Waals surface area (Å²) in [5, 5.41) is 2.96. The van der Waals surface area contributed by atoms with E-state index in [9.17, 15) is 4.79 Å². The number of nitrogens with one attached hydrogen (secondary N) is 1. The Morgan fingerprint density at radius 2 is 2.29 bits per heavy atom. The van der Waals surface area contributed by atoms with E-state index < -0.39 is 0 Å². The van der Waals surface area contributed by atoms with E-state index in [0.29, 0.717) is 6.54 Å². The molecule has 0 fully saturated rings. The lowest BCUT2D eigenvalue weighted by Gasteiger charge is -2.17. The Morgan fingerprint density at radius 3 is 3.00 bits per heavy atom. The van der Waals surface area contributed by atoms with E-state index in [-0.39, 0.29) is 11.8 Å². The second-order valence-corrected chi connectivity index (χ2v) is 4.38. The van der Waals surface area contributed by atoms with E-state index >= 15 is 0 Å². The van der Waals surface area contributed by atoms with Crippen molar-refractivity contribution in [2.24, 2.45) is 11.7 Å². The molecule has 90 valence electrons. The van der Waals surface area contributed by atoms with Crippen LogP contribution in [0.15, 0.2) is 36.4 Å². The Kier molecular flexibility index (Phi) is 3.94. The number of nitrogens with two attached hydrogens (primary N) is 1. The van der Waals surface area contributed by atoms with Crippen LogP contribution >= 0.6 is 0 Å². The van der Waals surface area contributed by atoms with Gasteiger partial charge in [-0.3, -0.25) is 4.79 Å². The summed E-state index contributed by atoms with van der Waals surface area (Å²) in [5.74, 6) is 0.227. The zero-order valence-electron chi connectivity index (χ0n) is 9.86. The van der Waals surface area contributed by atoms with Gasteiger partial charge in [0.25, 0.3) is 0 Å². The van der Waals surface area contributed by atoms with Crippen molar-refractivity contribution in [2.45, 2.75) is 25.8 Å². The van der Waals surface area contributed by atoms with E-state index in [1.807, 2.05) is 24.3 Å². The van der Waals surface area contributed by atoms with Crippen LogP contribution in [0.4, 0.5) is 5.69 Å². The topological polar surface area (TPSA) is 55.1 Å². The Balaban J connectivity index is 1.99. The van der Waals surface area contributed by atoms with Gasteiger partial charge in [-0.15, -0.1) is 0 Å². The maximum atomic E-state index is 12.0. The molecule has 3 nitrogen and oxygen atoms in total. The van der Waals surface area contributed by atoms with Crippen LogP contribution in [-0.2, 0) is 11.3 Å². The number of amides is 1. The first-order chi connectivity index (χ1) is 8.29. The maximum absolute atomic E-state index is 12.0. The standard InChI is InChI=1S/C14H18N2O/c15-10-11-5-4-8-13(9-11)16-14(17)12-6-2-1-3-7-12/h1-2,4-5,8-9,12H,3,6-7,10,15H2,(H,16,17). The zero-order chi connectivity index (χ0) is 12.1. The van der Waals surface area contributed by atoms with Crippen molar-refractivity contribution in [3.8, 4) is 0 Å². The van der Waals surface area contributed by atoms with Crippen LogP contribution in [0.5, 0.6) is 0 Å². The number of anilines is 1. The van der Waals surface area contributed by atoms with Crippen LogP contribution in [0.25, 0.3) is 0 Å². The molecule has 1 aliphatic rings. The fourth-order valence-electron chi connectivity index (χ4n) is 2.05. The molecule has 2 rings (SSSR count). The lowest BCUT2D eigenvalue weighted by molar-refractivity contribution is -0.120. The summed E-state index contributed by atoms with van der Waals surface area (Å²) in [7, 11) is 0. The van der Waals surface area contributed by atoms with E-state index in [1.165, 1.54) is 0 Å². The van der Waals surface area contributed by atoms with Crippen LogP contribution < -0.4 is 11.1 Å². The predicted molar refractivity (Wildman–Crippen MR) is 69.4 cm³/mol. The van der Waals surface area contributed by atoms with Crippen molar-refractivity contribution in [3.05, 3.63) is 42.0 Å². The SMILES string of the molecule is NCc1cccc(NC(=O)C2CC=CCC2)c1. The summed E-state index contributed by atoms with van der Waals surface area (Å²) in [6.45, 7) is 0.496. The fraction of sp³-hybridized carbons (Fsp3) is 0.357. The number of hydrogen-bond donors (Lipinski definition) is 2. The van der Waals surface area contributed by atoms with Gasteiger partial charge in [-0.05, 0) is 37.0 Å². The molecule has 1 aromatic rings. The predicted octanol–water partition coefficient (Wildman–Crippen LogP) is 2.44. The second kappa shape index (κ2) is 5.64. The molecule has 3 N–H and O–H groups in total. The second-order valence-electron chi connectivity index (χ2n) is 4.38. The largest absolute Gasteiger partial charge is 0.326 e. The molecular weight excluding hydrogens is 212 g/mol. The molecule has 1 amide bonds. The van der Waals surface area contributed by atoms with E-state index in [4.69, 9.17) is 5.73 Å². The molecule has 0 saturated carbocycles. The minimum Gasteiger partial charge on any atom is -0.326 e. The van der Waals surface area contributed by atoms with Gasteiger partial charge in [0.2, 0.25) is 5.91 Å². The number of carbonyl (C=O) groups is 1. The van der Waals surface area contributed by atoms with Crippen molar-refractivity contribution >= 4 is 11.6 Å². The normalized spacial score (nSPS) is 19.0. The van der Waals surface area contributed by atoms with Gasteiger partial charge < -0.3 is 11.1 Å². The highest BCUT2D eigenvalue weighted by molar-refractivity contribution is 5.92. The molecule has 0 aliphatic heterocycles. The van der Waals surface area contributed by atoms with Gasteiger partial charge in [0.15, 0.2) is 0 Å². The molecule has 1 atom stereocenters. The number of allylic oxidation sites excluding steroid dienone is 2. The highest BCUT2D eigenvalue weighted by atomic mass is 16.1. The van der Waals surface area contributed by atoms with Gasteiger partial charge >= 0.3 is 0 Å². The van der Waals surface area contributed by atoms with Crippen LogP contribution in [-0.4, -0.2) is 5.91 Å². The first kappa shape index (κ1) is 11.9. The molecule has 1 aromatic carbocycles. The molecule has 17 heavy (non-hydrogen) atoms. The first-order valence-electron chi connectivity index (χ1n) is 6.04. The van der Waals surface area contributed by atoms with Crippen molar-refractivity contribution in [1.29, 1.82) is 0 Å². The first-order valence-corrected chi connectivity index (χ1v) is 6.04. The van der Waals surface area contributed by atoms with Gasteiger partial charge in [0.05, 0.1) is 0 Å². The van der Waals surface area contributed by atoms with Gasteiger partial charge in [-0.2, -0.15) is 0 Å². The molecular formula is C14H18N2O. The Morgan fingerprint density at radius 1 is 1.41 bits per heavy atom. The third-order valence-corrected chi connectivity index (χ3v) is 3.07. The minimum atomic E-state index is 0.113. The number of carbonyl (C=O) groups excluding carboxylic acids is 1. The van der Waals surface area contributed by atoms with Crippen molar-refractivity contribution in [1.82, 2.24) is 0 Å². The summed E-state index contributed by atoms with van der Waals surface area (Å²) in [6.07, 6.45) is 7.02. The molecule has 0 spiro atoms. The average Bonchev–Trinajstić information content (AvgIpc) is 2.40. The van der Waals surface area contributed by atoms with Gasteiger partial charge in [-0.25, -0.2) is 0 Å². The van der Waals surface area contributed by atoms with Crippen LogP contribution in [0, 0.1) is 5.92 Å². The Bertz CT molecular complexity index is 426. The molecule has 0 saturated heterocycles. The summed E-state index contributed by atoms with van der Waals surface area (Å²) in [5.41, 5.74) is 7.44. The molecule has 0 aromatic heterocycles. The van der Waals surface area contributed by atoms with Crippen LogP contribution in [0.3, 0.4) is 0 Å². The van der Waals surface area contributed by atoms with E-state index in [0.717, 1.165) is 30.5 Å². The van der Waals surface area contributed by atoms with E-state index in [1.54, 1.807) is 0 Å². The molecule has 3 heteroatoms. The molecule has 0 bridgehead atoms. The smallest absolute Gasteiger partial charge is 0.227 e. The van der Waals surface area contributed by atoms with Crippen molar-refractivity contribution in [2.75, 3.05) is 5.32 Å². The van der Waals surface area contributed by atoms with Gasteiger partial charge in [0, 0.05) is 18.2 Å². The molecule has 0 radical (unpaired) electrons. The summed E-state index contributed by atoms with van der Waals surface area (Å²) in [6, 6.07) is 7.70. The lowest BCUT2D eigenvalue weighted by atomic mass is 9.93. The fourth-order valence-corrected chi connectivity index (χ4v) is 2.05. The van der Waals surface area contributed by atoms with Crippen LogP contribution in [0.1, 0.15) is 24.8 Å². The molecule has 1 aliphatic carbocycles. The lowest BCUT2D eigenvalue weighted by Crippen LogP contribution is -2.23. The maximum Gasteiger partial charge on any atom is 0.227 e. The number of rotatable bonds is 3. The van der Waals surface area contributed by atoms with Gasteiger partial charge in [0.1, 0.15) is 0 Å². The molecule has 1 unspecified atom stereocenters. The summed E-state index contributed by atoms with van der Waals surface area (Å²) in [4.78, 5) is 12.0. The third-order valence-electron chi connectivity index (χ3n) is 3.07. The monoisotopic (exact) mass is 230 g/mol. The summed E-state index contributed by atoms with van der Waals surface area (Å²) < 4.78 is 0. The quantitative estimate of drug-likeness (QED) is 0.784. The number of benzene rings is 1. The van der Waals surface area contributed by atoms with Crippen molar-refractivity contribution < 1.29 is 4.79 Å². The Hall–Kier alpha value is -1.61. The minimum absolute atomic E-state index is 0.113. The average molecular weight is 230 g/mol. The van der Waals surface area contributed by atoms with Crippen LogP contribution in [0.2, 0.25) is 0 Å². The highest BCUT2D eigenvalue weighted by Crippen LogP contribution is 2.20. The Labute approximate surface area is 102 Å². The number of hydrogen-bond acceptors (Lipinski definition) is 2. The third kappa shape index (κ3) is 3.17. The molecule has 0 heterocycles. The van der Waals surface area contributed by atoms with Crippen molar-refractivity contribution in [3.63, 3.8) is 0 Å². The van der Waals surface area contributed by atoms with E-state index in [2.05, 4.69) is 17.5 Å². The zero-order valence-corrected chi connectivity index (χ0v) is 9.86.